The SMILES string of the molecule is C=CCNC(=O)NC(=O)CN(C)CC(=O)Nc1cccc(C)c1C. The largest absolute Gasteiger partial charge is 0.334 e. The van der Waals surface area contributed by atoms with E-state index in [1.54, 1.807) is 7.05 Å². The van der Waals surface area contributed by atoms with E-state index in [0.717, 1.165) is 16.8 Å². The van der Waals surface area contributed by atoms with Crippen LogP contribution < -0.4 is 16.0 Å². The molecule has 130 valence electrons. The zero-order valence-corrected chi connectivity index (χ0v) is 14.3. The summed E-state index contributed by atoms with van der Waals surface area (Å²) < 4.78 is 0. The van der Waals surface area contributed by atoms with Crippen LogP contribution in [0.15, 0.2) is 30.9 Å². The van der Waals surface area contributed by atoms with Gasteiger partial charge in [-0.3, -0.25) is 19.8 Å². The summed E-state index contributed by atoms with van der Waals surface area (Å²) >= 11 is 0. The minimum absolute atomic E-state index is 0.0368. The van der Waals surface area contributed by atoms with Crippen LogP contribution in [-0.4, -0.2) is 49.4 Å². The smallest absolute Gasteiger partial charge is 0.321 e. The molecule has 1 rings (SSSR count). The van der Waals surface area contributed by atoms with E-state index >= 15 is 0 Å². The number of benzene rings is 1. The average Bonchev–Trinajstić information content (AvgIpc) is 2.49. The molecule has 0 unspecified atom stereocenters. The lowest BCUT2D eigenvalue weighted by Gasteiger charge is -2.16. The van der Waals surface area contributed by atoms with Gasteiger partial charge in [-0.15, -0.1) is 6.58 Å². The lowest BCUT2D eigenvalue weighted by Crippen LogP contribution is -2.45. The number of rotatable bonds is 7. The van der Waals surface area contributed by atoms with Gasteiger partial charge < -0.3 is 10.6 Å². The van der Waals surface area contributed by atoms with Crippen LogP contribution in [0.2, 0.25) is 0 Å². The van der Waals surface area contributed by atoms with Gasteiger partial charge in [0.2, 0.25) is 11.8 Å². The minimum Gasteiger partial charge on any atom is -0.334 e. The quantitative estimate of drug-likeness (QED) is 0.654. The fraction of sp³-hybridized carbons (Fsp3) is 0.353. The number of carbonyl (C=O) groups is 3. The number of imide groups is 1. The molecule has 0 aliphatic heterocycles. The molecule has 3 N–H and O–H groups in total. The van der Waals surface area contributed by atoms with Crippen molar-refractivity contribution in [1.29, 1.82) is 0 Å². The Morgan fingerprint density at radius 1 is 1.17 bits per heavy atom. The fourth-order valence-corrected chi connectivity index (χ4v) is 2.00. The van der Waals surface area contributed by atoms with E-state index in [-0.39, 0.29) is 25.5 Å². The van der Waals surface area contributed by atoms with E-state index in [0.29, 0.717) is 0 Å². The monoisotopic (exact) mass is 332 g/mol. The van der Waals surface area contributed by atoms with Gasteiger partial charge in [-0.25, -0.2) is 4.79 Å². The first-order valence-electron chi connectivity index (χ1n) is 7.56. The summed E-state index contributed by atoms with van der Waals surface area (Å²) in [6.07, 6.45) is 1.51. The molecular formula is C17H24N4O3. The van der Waals surface area contributed by atoms with Crippen molar-refractivity contribution in [2.24, 2.45) is 0 Å². The number of amides is 4. The number of anilines is 1. The molecule has 0 radical (unpaired) electrons. The first kappa shape index (κ1) is 19.4. The molecule has 0 aliphatic carbocycles. The molecule has 0 aliphatic rings. The fourth-order valence-electron chi connectivity index (χ4n) is 2.00. The van der Waals surface area contributed by atoms with Gasteiger partial charge in [0.25, 0.3) is 0 Å². The van der Waals surface area contributed by atoms with Crippen molar-refractivity contribution in [3.05, 3.63) is 42.0 Å². The Bertz CT molecular complexity index is 628. The number of nitrogens with one attached hydrogen (secondary N) is 3. The third kappa shape index (κ3) is 6.62. The highest BCUT2D eigenvalue weighted by atomic mass is 16.2. The third-order valence-electron chi connectivity index (χ3n) is 3.37. The van der Waals surface area contributed by atoms with E-state index in [1.807, 2.05) is 32.0 Å². The van der Waals surface area contributed by atoms with Gasteiger partial charge in [-0.1, -0.05) is 18.2 Å². The van der Waals surface area contributed by atoms with Crippen molar-refractivity contribution >= 4 is 23.5 Å². The van der Waals surface area contributed by atoms with Crippen LogP contribution in [0.1, 0.15) is 11.1 Å². The molecule has 24 heavy (non-hydrogen) atoms. The highest BCUT2D eigenvalue weighted by molar-refractivity contribution is 5.96. The van der Waals surface area contributed by atoms with Crippen LogP contribution in [0.4, 0.5) is 10.5 Å². The van der Waals surface area contributed by atoms with E-state index in [9.17, 15) is 14.4 Å². The number of carbonyl (C=O) groups excluding carboxylic acids is 3. The van der Waals surface area contributed by atoms with Crippen molar-refractivity contribution in [2.45, 2.75) is 13.8 Å². The van der Waals surface area contributed by atoms with Crippen molar-refractivity contribution in [2.75, 3.05) is 32.0 Å². The summed E-state index contributed by atoms with van der Waals surface area (Å²) in [7, 11) is 1.63. The number of nitrogens with zero attached hydrogens (tertiary/aromatic N) is 1. The van der Waals surface area contributed by atoms with Crippen LogP contribution in [0.5, 0.6) is 0 Å². The molecule has 7 nitrogen and oxygen atoms in total. The standard InChI is InChI=1S/C17H24N4O3/c1-5-9-18-17(24)20-16(23)11-21(4)10-15(22)19-14-8-6-7-12(2)13(14)3/h5-8H,1,9-11H2,2-4H3,(H,19,22)(H2,18,20,23,24). The maximum atomic E-state index is 12.1. The summed E-state index contributed by atoms with van der Waals surface area (Å²) in [6, 6.07) is 5.08. The summed E-state index contributed by atoms with van der Waals surface area (Å²) in [5.74, 6) is -0.714. The highest BCUT2D eigenvalue weighted by Gasteiger charge is 2.13. The Morgan fingerprint density at radius 3 is 2.50 bits per heavy atom. The summed E-state index contributed by atoms with van der Waals surface area (Å²) in [4.78, 5) is 36.6. The Labute approximate surface area is 142 Å². The number of hydrogen-bond donors (Lipinski definition) is 3. The molecule has 0 heterocycles. The minimum atomic E-state index is -0.590. The lowest BCUT2D eigenvalue weighted by molar-refractivity contribution is -0.122. The Morgan fingerprint density at radius 2 is 1.83 bits per heavy atom. The van der Waals surface area contributed by atoms with E-state index in [1.165, 1.54) is 11.0 Å². The van der Waals surface area contributed by atoms with Gasteiger partial charge >= 0.3 is 6.03 Å². The molecule has 7 heteroatoms. The highest BCUT2D eigenvalue weighted by Crippen LogP contribution is 2.17. The molecule has 0 saturated heterocycles. The van der Waals surface area contributed by atoms with Crippen LogP contribution in [0.3, 0.4) is 0 Å². The first-order valence-corrected chi connectivity index (χ1v) is 7.56. The average molecular weight is 332 g/mol. The molecule has 1 aromatic rings. The molecule has 1 aromatic carbocycles. The predicted octanol–water partition coefficient (Wildman–Crippen LogP) is 1.19. The Hall–Kier alpha value is -2.67. The molecule has 0 aromatic heterocycles. The normalized spacial score (nSPS) is 10.2. The zero-order chi connectivity index (χ0) is 18.1. The van der Waals surface area contributed by atoms with Gasteiger partial charge in [0.1, 0.15) is 0 Å². The Balaban J connectivity index is 2.43. The predicted molar refractivity (Wildman–Crippen MR) is 93.8 cm³/mol. The molecular weight excluding hydrogens is 308 g/mol. The van der Waals surface area contributed by atoms with Gasteiger partial charge in [-0.2, -0.15) is 0 Å². The molecule has 0 spiro atoms. The second-order valence-electron chi connectivity index (χ2n) is 5.51. The number of aryl methyl sites for hydroxylation is 1. The van der Waals surface area contributed by atoms with Crippen LogP contribution >= 0.6 is 0 Å². The zero-order valence-electron chi connectivity index (χ0n) is 14.3. The van der Waals surface area contributed by atoms with Gasteiger partial charge in [0, 0.05) is 12.2 Å². The van der Waals surface area contributed by atoms with Crippen molar-refractivity contribution < 1.29 is 14.4 Å². The van der Waals surface area contributed by atoms with Crippen LogP contribution in [0, 0.1) is 13.8 Å². The van der Waals surface area contributed by atoms with E-state index in [4.69, 9.17) is 0 Å². The summed E-state index contributed by atoms with van der Waals surface area (Å²) in [6.45, 7) is 7.60. The summed E-state index contributed by atoms with van der Waals surface area (Å²) in [5.41, 5.74) is 2.85. The Kier molecular flexibility index (Phi) is 7.64. The second-order valence-corrected chi connectivity index (χ2v) is 5.51. The maximum absolute atomic E-state index is 12.1. The summed E-state index contributed by atoms with van der Waals surface area (Å²) in [5, 5.41) is 7.43. The molecule has 0 bridgehead atoms. The molecule has 0 atom stereocenters. The third-order valence-corrected chi connectivity index (χ3v) is 3.37. The maximum Gasteiger partial charge on any atom is 0.321 e. The van der Waals surface area contributed by atoms with E-state index < -0.39 is 11.9 Å². The topological polar surface area (TPSA) is 90.5 Å². The number of likely N-dealkylation sites (N-methyl/N-ethyl adjacent to an activating group) is 1. The van der Waals surface area contributed by atoms with Crippen LogP contribution in [0.25, 0.3) is 0 Å². The molecule has 4 amide bonds. The van der Waals surface area contributed by atoms with Gasteiger partial charge in [-0.05, 0) is 38.1 Å². The molecule has 0 fully saturated rings. The number of hydrogen-bond acceptors (Lipinski definition) is 4. The van der Waals surface area contributed by atoms with E-state index in [2.05, 4.69) is 22.5 Å². The first-order chi connectivity index (χ1) is 11.3. The van der Waals surface area contributed by atoms with Crippen molar-refractivity contribution in [3.8, 4) is 0 Å². The number of urea groups is 1. The lowest BCUT2D eigenvalue weighted by atomic mass is 10.1. The van der Waals surface area contributed by atoms with Gasteiger partial charge in [0.15, 0.2) is 0 Å². The second kappa shape index (κ2) is 9.46. The van der Waals surface area contributed by atoms with Gasteiger partial charge in [0.05, 0.1) is 13.1 Å². The van der Waals surface area contributed by atoms with Crippen molar-refractivity contribution in [1.82, 2.24) is 15.5 Å². The van der Waals surface area contributed by atoms with Crippen molar-refractivity contribution in [3.63, 3.8) is 0 Å². The van der Waals surface area contributed by atoms with Crippen LogP contribution in [-0.2, 0) is 9.59 Å². The molecule has 0 saturated carbocycles.